The summed E-state index contributed by atoms with van der Waals surface area (Å²) >= 11 is 0. The van der Waals surface area contributed by atoms with E-state index in [2.05, 4.69) is 10.3 Å². The molecule has 0 fully saturated rings. The van der Waals surface area contributed by atoms with Crippen molar-refractivity contribution in [3.63, 3.8) is 0 Å². The lowest BCUT2D eigenvalue weighted by molar-refractivity contribution is -0.128. The maximum Gasteiger partial charge on any atom is 0.347 e. The van der Waals surface area contributed by atoms with Crippen molar-refractivity contribution in [2.75, 3.05) is 13.7 Å². The van der Waals surface area contributed by atoms with Crippen LogP contribution >= 0.6 is 0 Å². The van der Waals surface area contributed by atoms with Crippen LogP contribution in [0.3, 0.4) is 0 Å². The number of ether oxygens (including phenoxy) is 2. The highest BCUT2D eigenvalue weighted by Gasteiger charge is 2.34. The molecule has 0 saturated carbocycles. The highest BCUT2D eigenvalue weighted by Crippen LogP contribution is 2.37. The Morgan fingerprint density at radius 1 is 1.34 bits per heavy atom. The molecule has 0 saturated heterocycles. The van der Waals surface area contributed by atoms with E-state index in [4.69, 9.17) is 9.47 Å². The fourth-order valence-electron chi connectivity index (χ4n) is 3.69. The molecule has 1 atom stereocenters. The summed E-state index contributed by atoms with van der Waals surface area (Å²) in [6, 6.07) is 5.83. The monoisotopic (exact) mass is 441 g/mol. The van der Waals surface area contributed by atoms with Crippen molar-refractivity contribution >= 4 is 22.9 Å². The Bertz CT molecular complexity index is 1290. The number of amides is 1. The van der Waals surface area contributed by atoms with Gasteiger partial charge in [0.1, 0.15) is 16.9 Å². The number of benzene rings is 1. The molecule has 10 heteroatoms. The van der Waals surface area contributed by atoms with Gasteiger partial charge in [-0.05, 0) is 24.6 Å². The number of hydrogen-bond donors (Lipinski definition) is 2. The number of halogens is 1. The van der Waals surface area contributed by atoms with Crippen LogP contribution in [-0.4, -0.2) is 46.3 Å². The summed E-state index contributed by atoms with van der Waals surface area (Å²) in [5, 5.41) is 13.2. The molecule has 3 aromatic rings. The Labute approximate surface area is 181 Å². The molecule has 3 heterocycles. The zero-order chi connectivity index (χ0) is 23.0. The molecule has 4 rings (SSSR count). The van der Waals surface area contributed by atoms with E-state index in [0.29, 0.717) is 5.56 Å². The number of carbonyl (C=O) groups is 2. The molecule has 0 radical (unpaired) electrons. The summed E-state index contributed by atoms with van der Waals surface area (Å²) < 4.78 is 25.3. The van der Waals surface area contributed by atoms with Gasteiger partial charge < -0.3 is 19.9 Å². The molecule has 32 heavy (non-hydrogen) atoms. The summed E-state index contributed by atoms with van der Waals surface area (Å²) in [4.78, 5) is 42.1. The van der Waals surface area contributed by atoms with Gasteiger partial charge in [-0.25, -0.2) is 9.18 Å². The van der Waals surface area contributed by atoms with E-state index in [9.17, 15) is 23.9 Å². The third-order valence-corrected chi connectivity index (χ3v) is 5.21. The first-order valence-electron chi connectivity index (χ1n) is 9.92. The maximum absolute atomic E-state index is 13.3. The number of nitrogens with one attached hydrogen (secondary N) is 1. The Kier molecular flexibility index (Phi) is 5.52. The molecule has 1 aliphatic rings. The van der Waals surface area contributed by atoms with Gasteiger partial charge >= 0.3 is 5.97 Å². The largest absolute Gasteiger partial charge is 0.505 e. The SMILES string of the molecule is CCOC(=O)c1c(O)c2ncc(Cc3ccc(F)cc3)c3c2n(c1=O)C[C@H](C(=O)NC)O3. The zero-order valence-electron chi connectivity index (χ0n) is 17.3. The number of aromatic hydroxyl groups is 1. The summed E-state index contributed by atoms with van der Waals surface area (Å²) in [5.74, 6) is -2.26. The topological polar surface area (TPSA) is 120 Å². The van der Waals surface area contributed by atoms with Crippen molar-refractivity contribution in [2.45, 2.75) is 26.0 Å². The maximum atomic E-state index is 13.3. The van der Waals surface area contributed by atoms with Crippen LogP contribution in [0.2, 0.25) is 0 Å². The second kappa shape index (κ2) is 8.29. The highest BCUT2D eigenvalue weighted by atomic mass is 19.1. The van der Waals surface area contributed by atoms with E-state index >= 15 is 0 Å². The quantitative estimate of drug-likeness (QED) is 0.576. The van der Waals surface area contributed by atoms with Crippen molar-refractivity contribution < 1.29 is 28.6 Å². The summed E-state index contributed by atoms with van der Waals surface area (Å²) in [7, 11) is 1.44. The lowest BCUT2D eigenvalue weighted by Gasteiger charge is -2.28. The van der Waals surface area contributed by atoms with Crippen molar-refractivity contribution in [1.29, 1.82) is 0 Å². The van der Waals surface area contributed by atoms with Gasteiger partial charge in [-0.2, -0.15) is 0 Å². The highest BCUT2D eigenvalue weighted by molar-refractivity contribution is 6.00. The first-order valence-corrected chi connectivity index (χ1v) is 9.92. The first kappa shape index (κ1) is 21.3. The molecule has 1 aliphatic heterocycles. The van der Waals surface area contributed by atoms with Gasteiger partial charge in [-0.15, -0.1) is 0 Å². The predicted octanol–water partition coefficient (Wildman–Crippen LogP) is 1.52. The lowest BCUT2D eigenvalue weighted by atomic mass is 10.0. The number of pyridine rings is 2. The van der Waals surface area contributed by atoms with Crippen LogP contribution in [0.4, 0.5) is 4.39 Å². The molecule has 1 amide bonds. The molecule has 0 aliphatic carbocycles. The number of carbonyl (C=O) groups excluding carboxylic acids is 2. The second-order valence-corrected chi connectivity index (χ2v) is 7.19. The molecule has 2 N–H and O–H groups in total. The van der Waals surface area contributed by atoms with E-state index in [1.54, 1.807) is 19.1 Å². The minimum Gasteiger partial charge on any atom is -0.505 e. The van der Waals surface area contributed by atoms with Crippen LogP contribution in [0.1, 0.15) is 28.4 Å². The first-order chi connectivity index (χ1) is 15.3. The fraction of sp³-hybridized carbons (Fsp3) is 0.273. The smallest absolute Gasteiger partial charge is 0.347 e. The number of hydrogen-bond acceptors (Lipinski definition) is 7. The Morgan fingerprint density at radius 3 is 2.72 bits per heavy atom. The minimum atomic E-state index is -1.05. The molecular formula is C22H20FN3O6. The Morgan fingerprint density at radius 2 is 2.06 bits per heavy atom. The van der Waals surface area contributed by atoms with Crippen LogP contribution in [0.15, 0.2) is 35.3 Å². The van der Waals surface area contributed by atoms with Gasteiger partial charge in [0, 0.05) is 25.2 Å². The predicted molar refractivity (Wildman–Crippen MR) is 111 cm³/mol. The van der Waals surface area contributed by atoms with Crippen LogP contribution in [0.5, 0.6) is 11.5 Å². The molecule has 0 spiro atoms. The van der Waals surface area contributed by atoms with Gasteiger partial charge in [-0.1, -0.05) is 12.1 Å². The Hall–Kier alpha value is -3.95. The summed E-state index contributed by atoms with van der Waals surface area (Å²) in [6.07, 6.45) is 0.645. The minimum absolute atomic E-state index is 0.00894. The van der Waals surface area contributed by atoms with Gasteiger partial charge in [0.15, 0.2) is 23.2 Å². The van der Waals surface area contributed by atoms with Gasteiger partial charge in [0.2, 0.25) is 0 Å². The van der Waals surface area contributed by atoms with E-state index in [1.165, 1.54) is 29.9 Å². The van der Waals surface area contributed by atoms with E-state index in [0.717, 1.165) is 5.56 Å². The fourth-order valence-corrected chi connectivity index (χ4v) is 3.69. The zero-order valence-corrected chi connectivity index (χ0v) is 17.3. The van der Waals surface area contributed by atoms with Crippen molar-refractivity contribution in [1.82, 2.24) is 14.9 Å². The average Bonchev–Trinajstić information content (AvgIpc) is 2.79. The lowest BCUT2D eigenvalue weighted by Crippen LogP contribution is -2.45. The second-order valence-electron chi connectivity index (χ2n) is 7.19. The van der Waals surface area contributed by atoms with Crippen LogP contribution < -0.4 is 15.6 Å². The van der Waals surface area contributed by atoms with Crippen molar-refractivity contribution in [3.05, 3.63) is 63.3 Å². The third kappa shape index (κ3) is 3.53. The van der Waals surface area contributed by atoms with E-state index in [1.807, 2.05) is 0 Å². The molecule has 2 aromatic heterocycles. The molecule has 9 nitrogen and oxygen atoms in total. The van der Waals surface area contributed by atoms with Gasteiger partial charge in [0.05, 0.1) is 13.2 Å². The van der Waals surface area contributed by atoms with Crippen molar-refractivity contribution in [3.8, 4) is 11.5 Å². The normalized spacial score (nSPS) is 14.7. The number of nitrogens with zero attached hydrogens (tertiary/aromatic N) is 2. The van der Waals surface area contributed by atoms with Crippen LogP contribution in [-0.2, 0) is 22.5 Å². The average molecular weight is 441 g/mol. The number of aromatic nitrogens is 2. The standard InChI is InChI=1S/C22H20FN3O6/c1-3-31-22(30)15-18(27)16-17-19(32-14(20(28)24-2)10-26(17)21(15)29)12(9-25-16)8-11-4-6-13(23)7-5-11/h4-7,9,14,27H,3,8,10H2,1-2H3,(H,24,28)/t14-/m1/s1. The van der Waals surface area contributed by atoms with Gasteiger partial charge in [-0.3, -0.25) is 19.1 Å². The summed E-state index contributed by atoms with van der Waals surface area (Å²) in [5.41, 5.74) is 0.0420. The molecule has 0 unspecified atom stereocenters. The van der Waals surface area contributed by atoms with Crippen LogP contribution in [0.25, 0.3) is 11.0 Å². The molecule has 0 bridgehead atoms. The molecular weight excluding hydrogens is 421 g/mol. The third-order valence-electron chi connectivity index (χ3n) is 5.21. The van der Waals surface area contributed by atoms with Crippen LogP contribution in [0, 0.1) is 5.82 Å². The summed E-state index contributed by atoms with van der Waals surface area (Å²) in [6.45, 7) is 1.40. The van der Waals surface area contributed by atoms with E-state index in [-0.39, 0.29) is 42.2 Å². The number of rotatable bonds is 5. The van der Waals surface area contributed by atoms with E-state index < -0.39 is 34.9 Å². The van der Waals surface area contributed by atoms with Crippen molar-refractivity contribution in [2.24, 2.45) is 0 Å². The molecule has 1 aromatic carbocycles. The number of likely N-dealkylation sites (N-methyl/N-ethyl adjacent to an activating group) is 1. The Balaban J connectivity index is 1.95. The van der Waals surface area contributed by atoms with Gasteiger partial charge in [0.25, 0.3) is 11.5 Å². The number of esters is 1. The molecule has 166 valence electrons.